The number of aryl methyl sites for hydroxylation is 2. The summed E-state index contributed by atoms with van der Waals surface area (Å²) in [4.78, 5) is 11.9. The minimum Gasteiger partial charge on any atom is -0.434 e. The first-order chi connectivity index (χ1) is 14.1. The molecule has 2 rings (SSSR count). The van der Waals surface area contributed by atoms with Gasteiger partial charge in [-0.1, -0.05) is 90.1 Å². The topological polar surface area (TPSA) is 35.5 Å². The fraction of sp³-hybridized carbons (Fsp3) is 0.519. The highest BCUT2D eigenvalue weighted by molar-refractivity contribution is 5.59. The van der Waals surface area contributed by atoms with Crippen LogP contribution < -0.4 is 0 Å². The van der Waals surface area contributed by atoms with E-state index in [0.717, 1.165) is 25.7 Å². The number of rotatable bonds is 8. The van der Waals surface area contributed by atoms with Crippen molar-refractivity contribution in [1.29, 1.82) is 0 Å². The molecule has 0 spiro atoms. The van der Waals surface area contributed by atoms with Crippen LogP contribution in [0.25, 0.3) is 0 Å². The summed E-state index contributed by atoms with van der Waals surface area (Å²) >= 11 is 0. The average molecular weight is 411 g/mol. The number of carbonyl (C=O) groups is 1. The molecule has 0 N–H and O–H groups in total. The second-order valence-corrected chi connectivity index (χ2v) is 9.97. The summed E-state index contributed by atoms with van der Waals surface area (Å²) in [6.45, 7) is 14.1. The molecule has 0 saturated heterocycles. The van der Waals surface area contributed by atoms with Crippen LogP contribution in [0, 0.1) is 0 Å². The lowest BCUT2D eigenvalue weighted by atomic mass is 9.83. The van der Waals surface area contributed by atoms with Gasteiger partial charge in [-0.25, -0.2) is 4.79 Å². The lowest BCUT2D eigenvalue weighted by molar-refractivity contribution is 0.0539. The molecule has 0 amide bonds. The van der Waals surface area contributed by atoms with Crippen LogP contribution in [0.15, 0.2) is 48.5 Å². The van der Waals surface area contributed by atoms with Crippen LogP contribution in [0.2, 0.25) is 0 Å². The van der Waals surface area contributed by atoms with E-state index < -0.39 is 6.16 Å². The van der Waals surface area contributed by atoms with Gasteiger partial charge in [-0.2, -0.15) is 0 Å². The van der Waals surface area contributed by atoms with Crippen molar-refractivity contribution in [1.82, 2.24) is 0 Å². The maximum atomic E-state index is 11.9. The minimum atomic E-state index is -0.566. The Kier molecular flexibility index (Phi) is 8.52. The van der Waals surface area contributed by atoms with E-state index in [1.165, 1.54) is 22.3 Å². The summed E-state index contributed by atoms with van der Waals surface area (Å²) in [6, 6.07) is 17.0. The highest BCUT2D eigenvalue weighted by Gasteiger charge is 2.18. The molecule has 0 fully saturated rings. The molecular formula is C27H38O3. The Morgan fingerprint density at radius 2 is 1.03 bits per heavy atom. The molecule has 3 nitrogen and oxygen atoms in total. The Balaban J connectivity index is 1.69. The molecule has 0 aromatic heterocycles. The summed E-state index contributed by atoms with van der Waals surface area (Å²) in [5.74, 6) is 0. The van der Waals surface area contributed by atoms with Gasteiger partial charge < -0.3 is 9.47 Å². The molecular weight excluding hydrogens is 372 g/mol. The lowest BCUT2D eigenvalue weighted by Crippen LogP contribution is -2.15. The number of hydrogen-bond acceptors (Lipinski definition) is 3. The molecule has 2 aromatic carbocycles. The van der Waals surface area contributed by atoms with Gasteiger partial charge in [0.2, 0.25) is 0 Å². The van der Waals surface area contributed by atoms with Crippen LogP contribution in [0.1, 0.15) is 76.6 Å². The molecule has 3 heteroatoms. The maximum absolute atomic E-state index is 11.9. The number of ether oxygens (including phenoxy) is 2. The molecule has 164 valence electrons. The molecule has 0 aliphatic heterocycles. The molecule has 0 bridgehead atoms. The van der Waals surface area contributed by atoms with Crippen molar-refractivity contribution < 1.29 is 14.3 Å². The Labute approximate surface area is 182 Å². The van der Waals surface area contributed by atoms with Crippen LogP contribution in [0.5, 0.6) is 0 Å². The molecule has 0 saturated carbocycles. The van der Waals surface area contributed by atoms with Gasteiger partial charge in [-0.15, -0.1) is 0 Å². The molecule has 0 heterocycles. The third-order valence-corrected chi connectivity index (χ3v) is 5.27. The van der Waals surface area contributed by atoms with Crippen molar-refractivity contribution in [3.63, 3.8) is 0 Å². The summed E-state index contributed by atoms with van der Waals surface area (Å²) in [6.07, 6.45) is 2.81. The minimum absolute atomic E-state index is 0.113. The standard InChI is InChI=1S/C27H38O3/c1-26(2,3)23-17-9-7-13-21(23)15-11-19-29-25(28)30-20-12-16-22-14-8-10-18-24(22)27(4,5)6/h7-10,13-14,17-18H,11-12,15-16,19-20H2,1-6H3. The zero-order valence-electron chi connectivity index (χ0n) is 19.6. The van der Waals surface area contributed by atoms with Crippen molar-refractivity contribution in [3.8, 4) is 0 Å². The van der Waals surface area contributed by atoms with Gasteiger partial charge in [0.25, 0.3) is 0 Å². The van der Waals surface area contributed by atoms with E-state index in [2.05, 4.69) is 90.1 Å². The van der Waals surface area contributed by atoms with Gasteiger partial charge in [-0.3, -0.25) is 0 Å². The van der Waals surface area contributed by atoms with Crippen LogP contribution in [-0.2, 0) is 33.1 Å². The molecule has 2 aromatic rings. The molecule has 30 heavy (non-hydrogen) atoms. The van der Waals surface area contributed by atoms with Crippen molar-refractivity contribution in [2.45, 2.75) is 78.1 Å². The zero-order valence-corrected chi connectivity index (χ0v) is 19.6. The molecule has 0 atom stereocenters. The zero-order chi connectivity index (χ0) is 22.2. The highest BCUT2D eigenvalue weighted by atomic mass is 16.7. The smallest absolute Gasteiger partial charge is 0.434 e. The Bertz CT molecular complexity index is 742. The first kappa shape index (κ1) is 24.0. The normalized spacial score (nSPS) is 11.9. The highest BCUT2D eigenvalue weighted by Crippen LogP contribution is 2.27. The number of benzene rings is 2. The van der Waals surface area contributed by atoms with Gasteiger partial charge in [-0.05, 0) is 58.8 Å². The van der Waals surface area contributed by atoms with E-state index >= 15 is 0 Å². The summed E-state index contributed by atoms with van der Waals surface area (Å²) < 4.78 is 10.5. The molecule has 0 aliphatic carbocycles. The lowest BCUT2D eigenvalue weighted by Gasteiger charge is -2.23. The fourth-order valence-electron chi connectivity index (χ4n) is 3.82. The predicted octanol–water partition coefficient (Wildman–Crippen LogP) is 7.00. The average Bonchev–Trinajstić information content (AvgIpc) is 2.68. The van der Waals surface area contributed by atoms with Crippen molar-refractivity contribution in [3.05, 3.63) is 70.8 Å². The maximum Gasteiger partial charge on any atom is 0.508 e. The molecule has 0 unspecified atom stereocenters. The largest absolute Gasteiger partial charge is 0.508 e. The van der Waals surface area contributed by atoms with E-state index in [4.69, 9.17) is 9.47 Å². The van der Waals surface area contributed by atoms with Crippen LogP contribution in [-0.4, -0.2) is 19.4 Å². The van der Waals surface area contributed by atoms with E-state index in [-0.39, 0.29) is 10.8 Å². The van der Waals surface area contributed by atoms with Crippen LogP contribution >= 0.6 is 0 Å². The molecule has 0 aliphatic rings. The summed E-state index contributed by atoms with van der Waals surface area (Å²) in [5, 5.41) is 0. The van der Waals surface area contributed by atoms with Crippen molar-refractivity contribution >= 4 is 6.16 Å². The van der Waals surface area contributed by atoms with Gasteiger partial charge >= 0.3 is 6.16 Å². The van der Waals surface area contributed by atoms with Crippen molar-refractivity contribution in [2.75, 3.05) is 13.2 Å². The second kappa shape index (κ2) is 10.7. The second-order valence-electron chi connectivity index (χ2n) is 9.97. The monoisotopic (exact) mass is 410 g/mol. The SMILES string of the molecule is CC(C)(C)c1ccccc1CCCOC(=O)OCCCc1ccccc1C(C)(C)C. The third-order valence-electron chi connectivity index (χ3n) is 5.27. The van der Waals surface area contributed by atoms with E-state index in [1.807, 2.05) is 0 Å². The first-order valence-corrected chi connectivity index (χ1v) is 11.1. The van der Waals surface area contributed by atoms with E-state index in [1.54, 1.807) is 0 Å². The van der Waals surface area contributed by atoms with Gasteiger partial charge in [0.05, 0.1) is 13.2 Å². The fourth-order valence-corrected chi connectivity index (χ4v) is 3.82. The van der Waals surface area contributed by atoms with Crippen molar-refractivity contribution in [2.24, 2.45) is 0 Å². The Morgan fingerprint density at radius 1 is 0.667 bits per heavy atom. The summed E-state index contributed by atoms with van der Waals surface area (Å²) in [7, 11) is 0. The quantitative estimate of drug-likeness (QED) is 0.347. The van der Waals surface area contributed by atoms with E-state index in [0.29, 0.717) is 13.2 Å². The third kappa shape index (κ3) is 7.51. The van der Waals surface area contributed by atoms with Crippen LogP contribution in [0.3, 0.4) is 0 Å². The first-order valence-electron chi connectivity index (χ1n) is 11.1. The van der Waals surface area contributed by atoms with Gasteiger partial charge in [0.15, 0.2) is 0 Å². The predicted molar refractivity (Wildman–Crippen MR) is 124 cm³/mol. The molecule has 0 radical (unpaired) electrons. The Hall–Kier alpha value is -2.29. The summed E-state index contributed by atoms with van der Waals surface area (Å²) in [5.41, 5.74) is 5.56. The number of carbonyl (C=O) groups excluding carboxylic acids is 1. The van der Waals surface area contributed by atoms with E-state index in [9.17, 15) is 4.79 Å². The number of hydrogen-bond donors (Lipinski definition) is 0. The van der Waals surface area contributed by atoms with Gasteiger partial charge in [0, 0.05) is 0 Å². The van der Waals surface area contributed by atoms with Gasteiger partial charge in [0.1, 0.15) is 0 Å². The Morgan fingerprint density at radius 3 is 1.40 bits per heavy atom. The van der Waals surface area contributed by atoms with Crippen LogP contribution in [0.4, 0.5) is 4.79 Å².